The van der Waals surface area contributed by atoms with Gasteiger partial charge in [0.05, 0.1) is 5.69 Å². The molecule has 0 fully saturated rings. The first-order valence-electron chi connectivity index (χ1n) is 6.52. The number of aromatic nitrogens is 2. The average Bonchev–Trinajstić information content (AvgIpc) is 2.73. The van der Waals surface area contributed by atoms with E-state index in [9.17, 15) is 0 Å². The Bertz CT molecular complexity index is 736. The third kappa shape index (κ3) is 1.78. The molecule has 3 heteroatoms. The van der Waals surface area contributed by atoms with Crippen LogP contribution in [0.25, 0.3) is 22.0 Å². The first-order valence-corrected chi connectivity index (χ1v) is 6.52. The summed E-state index contributed by atoms with van der Waals surface area (Å²) in [4.78, 5) is 0. The van der Waals surface area contributed by atoms with Crippen molar-refractivity contribution in [3.63, 3.8) is 0 Å². The molecule has 0 saturated carbocycles. The highest BCUT2D eigenvalue weighted by atomic mass is 15.3. The van der Waals surface area contributed by atoms with Crippen molar-refractivity contribution in [1.82, 2.24) is 9.78 Å². The first kappa shape index (κ1) is 11.8. The minimum absolute atomic E-state index is 0.755. The summed E-state index contributed by atoms with van der Waals surface area (Å²) in [6.07, 6.45) is 0.887. The Hall–Kier alpha value is -2.29. The summed E-state index contributed by atoms with van der Waals surface area (Å²) in [6.45, 7) is 2.11. The lowest BCUT2D eigenvalue weighted by molar-refractivity contribution is 0.782. The molecule has 1 heterocycles. The van der Waals surface area contributed by atoms with E-state index in [4.69, 9.17) is 5.73 Å². The number of rotatable bonds is 2. The highest BCUT2D eigenvalue weighted by molar-refractivity contribution is 5.96. The largest absolute Gasteiger partial charge is 0.384 e. The predicted molar refractivity (Wildman–Crippen MR) is 79.9 cm³/mol. The van der Waals surface area contributed by atoms with Crippen molar-refractivity contribution >= 4 is 16.6 Å². The molecule has 0 aliphatic carbocycles. The third-order valence-corrected chi connectivity index (χ3v) is 3.59. The van der Waals surface area contributed by atoms with Crippen LogP contribution in [0.3, 0.4) is 0 Å². The van der Waals surface area contributed by atoms with Crippen molar-refractivity contribution in [2.24, 2.45) is 7.05 Å². The zero-order valence-corrected chi connectivity index (χ0v) is 11.2. The van der Waals surface area contributed by atoms with Crippen LogP contribution >= 0.6 is 0 Å². The smallest absolute Gasteiger partial charge is 0.125 e. The van der Waals surface area contributed by atoms with Crippen LogP contribution in [0.5, 0.6) is 0 Å². The topological polar surface area (TPSA) is 43.8 Å². The van der Waals surface area contributed by atoms with Crippen molar-refractivity contribution in [2.75, 3.05) is 5.73 Å². The summed E-state index contributed by atoms with van der Waals surface area (Å²) in [7, 11) is 1.89. The maximum Gasteiger partial charge on any atom is 0.125 e. The summed E-state index contributed by atoms with van der Waals surface area (Å²) in [5, 5.41) is 7.04. The molecule has 0 atom stereocenters. The maximum absolute atomic E-state index is 6.10. The van der Waals surface area contributed by atoms with Crippen molar-refractivity contribution < 1.29 is 0 Å². The number of hydrogen-bond donors (Lipinski definition) is 1. The zero-order chi connectivity index (χ0) is 13.4. The second kappa shape index (κ2) is 4.43. The van der Waals surface area contributed by atoms with Gasteiger partial charge in [-0.2, -0.15) is 5.10 Å². The molecule has 2 N–H and O–H groups in total. The molecule has 0 radical (unpaired) electrons. The SMILES string of the molecule is CCc1c(-c2cccc3ccccc23)nn(C)c1N. The van der Waals surface area contributed by atoms with Crippen LogP contribution in [-0.2, 0) is 13.5 Å². The highest BCUT2D eigenvalue weighted by Crippen LogP contribution is 2.32. The lowest BCUT2D eigenvalue weighted by atomic mass is 9.99. The molecule has 3 aromatic rings. The van der Waals surface area contributed by atoms with Crippen LogP contribution in [-0.4, -0.2) is 9.78 Å². The van der Waals surface area contributed by atoms with Crippen molar-refractivity contribution in [1.29, 1.82) is 0 Å². The van der Waals surface area contributed by atoms with Gasteiger partial charge in [0.1, 0.15) is 5.82 Å². The number of anilines is 1. The van der Waals surface area contributed by atoms with Gasteiger partial charge in [-0.25, -0.2) is 0 Å². The van der Waals surface area contributed by atoms with Crippen LogP contribution in [0, 0.1) is 0 Å². The third-order valence-electron chi connectivity index (χ3n) is 3.59. The fourth-order valence-corrected chi connectivity index (χ4v) is 2.58. The van der Waals surface area contributed by atoms with Gasteiger partial charge in [0, 0.05) is 18.2 Å². The summed E-state index contributed by atoms with van der Waals surface area (Å²) < 4.78 is 1.76. The predicted octanol–water partition coefficient (Wildman–Crippen LogP) is 3.38. The maximum atomic E-state index is 6.10. The Morgan fingerprint density at radius 3 is 2.63 bits per heavy atom. The Balaban J connectivity index is 2.33. The van der Waals surface area contributed by atoms with Gasteiger partial charge in [-0.05, 0) is 17.2 Å². The second-order valence-corrected chi connectivity index (χ2v) is 4.72. The molecule has 0 unspecified atom stereocenters. The first-order chi connectivity index (χ1) is 9.22. The number of aryl methyl sites for hydroxylation is 1. The molecule has 0 spiro atoms. The van der Waals surface area contributed by atoms with E-state index in [1.807, 2.05) is 7.05 Å². The molecule has 19 heavy (non-hydrogen) atoms. The number of benzene rings is 2. The van der Waals surface area contributed by atoms with E-state index in [1.165, 1.54) is 10.8 Å². The van der Waals surface area contributed by atoms with Crippen LogP contribution in [0.1, 0.15) is 12.5 Å². The van der Waals surface area contributed by atoms with Gasteiger partial charge in [0.2, 0.25) is 0 Å². The second-order valence-electron chi connectivity index (χ2n) is 4.72. The Morgan fingerprint density at radius 2 is 1.84 bits per heavy atom. The van der Waals surface area contributed by atoms with Gasteiger partial charge in [-0.3, -0.25) is 4.68 Å². The number of fused-ring (bicyclic) bond motifs is 1. The Labute approximate surface area is 112 Å². The van der Waals surface area contributed by atoms with Crippen LogP contribution in [0.4, 0.5) is 5.82 Å². The molecule has 0 aliphatic heterocycles. The molecular formula is C16H17N3. The molecule has 3 rings (SSSR count). The average molecular weight is 251 g/mol. The van der Waals surface area contributed by atoms with Gasteiger partial charge in [0.15, 0.2) is 0 Å². The van der Waals surface area contributed by atoms with E-state index >= 15 is 0 Å². The monoisotopic (exact) mass is 251 g/mol. The van der Waals surface area contributed by atoms with Crippen molar-refractivity contribution in [3.05, 3.63) is 48.0 Å². The van der Waals surface area contributed by atoms with Gasteiger partial charge < -0.3 is 5.73 Å². The summed E-state index contributed by atoms with van der Waals surface area (Å²) in [5.74, 6) is 0.755. The normalized spacial score (nSPS) is 11.1. The van der Waals surface area contributed by atoms with E-state index in [0.717, 1.165) is 29.1 Å². The summed E-state index contributed by atoms with van der Waals surface area (Å²) in [6, 6.07) is 14.7. The van der Waals surface area contributed by atoms with E-state index in [1.54, 1.807) is 4.68 Å². The van der Waals surface area contributed by atoms with Gasteiger partial charge in [0.25, 0.3) is 0 Å². The molecule has 96 valence electrons. The van der Waals surface area contributed by atoms with Crippen LogP contribution < -0.4 is 5.73 Å². The number of nitrogens with zero attached hydrogens (tertiary/aromatic N) is 2. The van der Waals surface area contributed by atoms with Crippen LogP contribution in [0.15, 0.2) is 42.5 Å². The van der Waals surface area contributed by atoms with Gasteiger partial charge in [-0.1, -0.05) is 49.4 Å². The lowest BCUT2D eigenvalue weighted by Crippen LogP contribution is -1.98. The molecule has 3 nitrogen and oxygen atoms in total. The van der Waals surface area contributed by atoms with E-state index < -0.39 is 0 Å². The standard InChI is InChI=1S/C16H17N3/c1-3-12-15(18-19(2)16(12)17)14-10-6-8-11-7-4-5-9-13(11)14/h4-10H,3,17H2,1-2H3. The number of hydrogen-bond acceptors (Lipinski definition) is 2. The Kier molecular flexibility index (Phi) is 2.75. The van der Waals surface area contributed by atoms with E-state index in [-0.39, 0.29) is 0 Å². The van der Waals surface area contributed by atoms with Gasteiger partial charge in [-0.15, -0.1) is 0 Å². The molecular weight excluding hydrogens is 234 g/mol. The van der Waals surface area contributed by atoms with Crippen molar-refractivity contribution in [2.45, 2.75) is 13.3 Å². The summed E-state index contributed by atoms with van der Waals surface area (Å²) >= 11 is 0. The summed E-state index contributed by atoms with van der Waals surface area (Å²) in [5.41, 5.74) is 9.37. The fourth-order valence-electron chi connectivity index (χ4n) is 2.58. The number of nitrogens with two attached hydrogens (primary N) is 1. The van der Waals surface area contributed by atoms with Crippen molar-refractivity contribution in [3.8, 4) is 11.3 Å². The quantitative estimate of drug-likeness (QED) is 0.758. The number of nitrogen functional groups attached to an aromatic ring is 1. The molecule has 1 aromatic heterocycles. The van der Waals surface area contributed by atoms with E-state index in [0.29, 0.717) is 0 Å². The zero-order valence-electron chi connectivity index (χ0n) is 11.2. The molecule has 0 saturated heterocycles. The molecule has 0 amide bonds. The van der Waals surface area contributed by atoms with Gasteiger partial charge >= 0.3 is 0 Å². The highest BCUT2D eigenvalue weighted by Gasteiger charge is 2.15. The fraction of sp³-hybridized carbons (Fsp3) is 0.188. The molecule has 0 aliphatic rings. The molecule has 0 bridgehead atoms. The minimum atomic E-state index is 0.755. The lowest BCUT2D eigenvalue weighted by Gasteiger charge is -2.05. The Morgan fingerprint density at radius 1 is 1.11 bits per heavy atom. The van der Waals surface area contributed by atoms with E-state index in [2.05, 4.69) is 54.5 Å². The molecule has 2 aromatic carbocycles. The minimum Gasteiger partial charge on any atom is -0.384 e. The van der Waals surface area contributed by atoms with Crippen LogP contribution in [0.2, 0.25) is 0 Å².